The molecule has 0 spiro atoms. The second-order valence-corrected chi connectivity index (χ2v) is 6.91. The molecule has 0 bridgehead atoms. The van der Waals surface area contributed by atoms with Crippen LogP contribution in [-0.4, -0.2) is 34.2 Å². The van der Waals surface area contributed by atoms with Crippen LogP contribution in [-0.2, 0) is 11.2 Å². The summed E-state index contributed by atoms with van der Waals surface area (Å²) >= 11 is 0. The molecule has 0 aromatic heterocycles. The number of amides is 1. The van der Waals surface area contributed by atoms with E-state index in [4.69, 9.17) is 4.74 Å². The van der Waals surface area contributed by atoms with E-state index in [1.165, 1.54) is 5.56 Å². The van der Waals surface area contributed by atoms with Crippen LogP contribution >= 0.6 is 0 Å². The summed E-state index contributed by atoms with van der Waals surface area (Å²) in [4.78, 5) is 14.1. The molecule has 4 nitrogen and oxygen atoms in total. The predicted molar refractivity (Wildman–Crippen MR) is 84.8 cm³/mol. The Morgan fingerprint density at radius 3 is 2.82 bits per heavy atom. The minimum atomic E-state index is -0.723. The topological polar surface area (TPSA) is 49.8 Å². The van der Waals surface area contributed by atoms with E-state index in [0.717, 1.165) is 30.6 Å². The Kier molecular flexibility index (Phi) is 3.89. The fraction of sp³-hybridized carbons (Fsp3) is 0.611. The van der Waals surface area contributed by atoms with Crippen LogP contribution in [0.5, 0.6) is 5.75 Å². The van der Waals surface area contributed by atoms with Crippen LogP contribution in [0.3, 0.4) is 0 Å². The normalized spacial score (nSPS) is 26.7. The smallest absolute Gasteiger partial charge is 0.223 e. The van der Waals surface area contributed by atoms with Crippen molar-refractivity contribution in [1.29, 1.82) is 0 Å². The first-order valence-electron chi connectivity index (χ1n) is 8.23. The zero-order valence-electron chi connectivity index (χ0n) is 13.6. The molecule has 1 unspecified atom stereocenters. The van der Waals surface area contributed by atoms with Gasteiger partial charge in [0.05, 0.1) is 6.04 Å². The maximum Gasteiger partial charge on any atom is 0.223 e. The van der Waals surface area contributed by atoms with Crippen LogP contribution in [0.1, 0.15) is 57.2 Å². The number of aliphatic hydroxyl groups is 1. The number of aryl methyl sites for hydroxylation is 1. The van der Waals surface area contributed by atoms with Crippen molar-refractivity contribution in [2.75, 3.05) is 6.54 Å². The van der Waals surface area contributed by atoms with Crippen molar-refractivity contribution < 1.29 is 14.6 Å². The van der Waals surface area contributed by atoms with Gasteiger partial charge in [0, 0.05) is 18.5 Å². The summed E-state index contributed by atoms with van der Waals surface area (Å²) in [6.07, 6.45) is 2.79. The summed E-state index contributed by atoms with van der Waals surface area (Å²) < 4.78 is 6.00. The van der Waals surface area contributed by atoms with Crippen LogP contribution in [0.15, 0.2) is 18.2 Å². The van der Waals surface area contributed by atoms with Gasteiger partial charge in [0.2, 0.25) is 5.91 Å². The van der Waals surface area contributed by atoms with Gasteiger partial charge in [-0.2, -0.15) is 0 Å². The molecule has 4 heteroatoms. The fourth-order valence-corrected chi connectivity index (χ4v) is 3.56. The Balaban J connectivity index is 2.06. The zero-order chi connectivity index (χ0) is 15.9. The Bertz CT molecular complexity index is 582. The van der Waals surface area contributed by atoms with E-state index in [1.807, 2.05) is 24.8 Å². The molecular weight excluding hydrogens is 278 g/mol. The second-order valence-electron chi connectivity index (χ2n) is 6.91. The Morgan fingerprint density at radius 1 is 1.41 bits per heavy atom. The van der Waals surface area contributed by atoms with Crippen molar-refractivity contribution in [3.63, 3.8) is 0 Å². The number of hydrogen-bond donors (Lipinski definition) is 1. The van der Waals surface area contributed by atoms with E-state index in [9.17, 15) is 9.90 Å². The van der Waals surface area contributed by atoms with Gasteiger partial charge in [0.1, 0.15) is 17.5 Å². The average molecular weight is 303 g/mol. The second kappa shape index (κ2) is 5.58. The lowest BCUT2D eigenvalue weighted by Gasteiger charge is -2.45. The van der Waals surface area contributed by atoms with E-state index in [1.54, 1.807) is 0 Å². The Hall–Kier alpha value is -1.55. The number of rotatable bonds is 3. The highest BCUT2D eigenvalue weighted by atomic mass is 16.5. The van der Waals surface area contributed by atoms with Crippen molar-refractivity contribution in [2.24, 2.45) is 0 Å². The number of aliphatic hydroxyl groups excluding tert-OH is 1. The molecule has 1 fully saturated rings. The van der Waals surface area contributed by atoms with Crippen LogP contribution in [0.4, 0.5) is 0 Å². The lowest BCUT2D eigenvalue weighted by molar-refractivity contribution is -0.139. The first kappa shape index (κ1) is 15.3. The van der Waals surface area contributed by atoms with Crippen molar-refractivity contribution >= 4 is 5.91 Å². The van der Waals surface area contributed by atoms with E-state index < -0.39 is 11.7 Å². The quantitative estimate of drug-likeness (QED) is 0.934. The lowest BCUT2D eigenvalue weighted by Crippen LogP contribution is -2.53. The molecule has 2 heterocycles. The molecule has 2 atom stereocenters. The van der Waals surface area contributed by atoms with Gasteiger partial charge in [0.15, 0.2) is 0 Å². The minimum absolute atomic E-state index is 0.133. The molecule has 0 aliphatic carbocycles. The highest BCUT2D eigenvalue weighted by Crippen LogP contribution is 2.44. The third-order valence-corrected chi connectivity index (χ3v) is 4.76. The van der Waals surface area contributed by atoms with E-state index >= 15 is 0 Å². The van der Waals surface area contributed by atoms with Crippen LogP contribution < -0.4 is 4.74 Å². The van der Waals surface area contributed by atoms with Gasteiger partial charge in [-0.05, 0) is 44.4 Å². The summed E-state index contributed by atoms with van der Waals surface area (Å²) in [5.41, 5.74) is 1.48. The third kappa shape index (κ3) is 2.50. The summed E-state index contributed by atoms with van der Waals surface area (Å²) in [7, 11) is 0. The SMILES string of the molecule is CCCc1ccc2c(c1)C(N1CCCC1=O)[C@H](O)C(C)(C)O2. The summed E-state index contributed by atoms with van der Waals surface area (Å²) in [5, 5.41) is 10.8. The minimum Gasteiger partial charge on any atom is -0.485 e. The molecule has 1 aromatic rings. The molecule has 2 aliphatic heterocycles. The van der Waals surface area contributed by atoms with Crippen molar-refractivity contribution in [1.82, 2.24) is 4.90 Å². The largest absolute Gasteiger partial charge is 0.485 e. The van der Waals surface area contributed by atoms with Gasteiger partial charge >= 0.3 is 0 Å². The number of likely N-dealkylation sites (tertiary alicyclic amines) is 1. The highest BCUT2D eigenvalue weighted by Gasteiger charge is 2.47. The maximum atomic E-state index is 12.2. The van der Waals surface area contributed by atoms with Gasteiger partial charge in [-0.3, -0.25) is 4.79 Å². The fourth-order valence-electron chi connectivity index (χ4n) is 3.56. The Labute approximate surface area is 132 Å². The van der Waals surface area contributed by atoms with Gasteiger partial charge in [-0.25, -0.2) is 0 Å². The van der Waals surface area contributed by atoms with Gasteiger partial charge in [0.25, 0.3) is 0 Å². The highest BCUT2D eigenvalue weighted by molar-refractivity contribution is 5.79. The molecule has 1 aromatic carbocycles. The monoisotopic (exact) mass is 303 g/mol. The molecular formula is C18H25NO3. The number of carbonyl (C=O) groups is 1. The van der Waals surface area contributed by atoms with Crippen LogP contribution in [0.2, 0.25) is 0 Å². The number of carbonyl (C=O) groups excluding carboxylic acids is 1. The number of fused-ring (bicyclic) bond motifs is 1. The molecule has 0 radical (unpaired) electrons. The molecule has 22 heavy (non-hydrogen) atoms. The summed E-state index contributed by atoms with van der Waals surface area (Å²) in [6.45, 7) is 6.63. The van der Waals surface area contributed by atoms with E-state index in [-0.39, 0.29) is 11.9 Å². The maximum absolute atomic E-state index is 12.2. The third-order valence-electron chi connectivity index (χ3n) is 4.76. The molecule has 3 rings (SSSR count). The molecule has 2 aliphatic rings. The van der Waals surface area contributed by atoms with Crippen molar-refractivity contribution in [3.8, 4) is 5.75 Å². The van der Waals surface area contributed by atoms with Gasteiger partial charge in [-0.1, -0.05) is 19.4 Å². The number of hydrogen-bond acceptors (Lipinski definition) is 3. The average Bonchev–Trinajstić information content (AvgIpc) is 2.87. The molecule has 1 amide bonds. The number of benzene rings is 1. The van der Waals surface area contributed by atoms with E-state index in [2.05, 4.69) is 19.1 Å². The van der Waals surface area contributed by atoms with E-state index in [0.29, 0.717) is 13.0 Å². The lowest BCUT2D eigenvalue weighted by atomic mass is 9.84. The first-order valence-corrected chi connectivity index (χ1v) is 8.23. The summed E-state index contributed by atoms with van der Waals surface area (Å²) in [6, 6.07) is 5.87. The van der Waals surface area contributed by atoms with Gasteiger partial charge in [-0.15, -0.1) is 0 Å². The number of ether oxygens (including phenoxy) is 1. The molecule has 120 valence electrons. The summed E-state index contributed by atoms with van der Waals surface area (Å²) in [5.74, 6) is 0.924. The first-order chi connectivity index (χ1) is 10.4. The van der Waals surface area contributed by atoms with Crippen molar-refractivity contribution in [3.05, 3.63) is 29.3 Å². The van der Waals surface area contributed by atoms with Crippen molar-refractivity contribution in [2.45, 2.75) is 64.2 Å². The Morgan fingerprint density at radius 2 is 2.18 bits per heavy atom. The molecule has 1 saturated heterocycles. The number of nitrogens with zero attached hydrogens (tertiary/aromatic N) is 1. The molecule has 0 saturated carbocycles. The standard InChI is InChI=1S/C18H25NO3/c1-4-6-12-8-9-14-13(11-12)16(17(21)18(2,3)22-14)19-10-5-7-15(19)20/h8-9,11,16-17,21H,4-7,10H2,1-3H3/t16?,17-/m0/s1. The van der Waals surface area contributed by atoms with Gasteiger partial charge < -0.3 is 14.7 Å². The van der Waals surface area contributed by atoms with Crippen LogP contribution in [0, 0.1) is 0 Å². The predicted octanol–water partition coefficient (Wildman–Crippen LogP) is 2.83. The van der Waals surface area contributed by atoms with Crippen LogP contribution in [0.25, 0.3) is 0 Å². The zero-order valence-corrected chi connectivity index (χ0v) is 13.6. The molecule has 1 N–H and O–H groups in total.